The minimum Gasteiger partial charge on any atom is -0.494 e. The average molecular weight is 478 g/mol. The molecular formula is C28H35N3O2S. The van der Waals surface area contributed by atoms with Gasteiger partial charge < -0.3 is 15.0 Å². The van der Waals surface area contributed by atoms with Crippen LogP contribution in [0.4, 0.5) is 11.4 Å². The summed E-state index contributed by atoms with van der Waals surface area (Å²) in [6.07, 6.45) is 3.11. The number of carbonyl (C=O) groups is 1. The molecule has 0 spiro atoms. The zero-order valence-electron chi connectivity index (χ0n) is 21.2. The van der Waals surface area contributed by atoms with E-state index in [4.69, 9.17) is 4.74 Å². The molecule has 2 heterocycles. The molecule has 0 aliphatic carbocycles. The molecule has 34 heavy (non-hydrogen) atoms. The summed E-state index contributed by atoms with van der Waals surface area (Å²) in [5, 5.41) is 3.50. The molecule has 1 fully saturated rings. The topological polar surface area (TPSA) is 53.9 Å². The number of nitrogens with zero attached hydrogens (tertiary/aromatic N) is 2. The number of rotatable bonds is 5. The third kappa shape index (κ3) is 4.88. The van der Waals surface area contributed by atoms with Crippen LogP contribution in [-0.2, 0) is 4.79 Å². The number of hydrogen-bond acceptors (Lipinski definition) is 5. The molecule has 6 heteroatoms. The van der Waals surface area contributed by atoms with Crippen molar-refractivity contribution in [2.75, 3.05) is 11.5 Å². The summed E-state index contributed by atoms with van der Waals surface area (Å²) in [5.41, 5.74) is 5.83. The molecule has 2 aromatic carbocycles. The first-order chi connectivity index (χ1) is 16.1. The van der Waals surface area contributed by atoms with Gasteiger partial charge in [0.05, 0.1) is 17.2 Å². The van der Waals surface area contributed by atoms with Crippen molar-refractivity contribution in [2.24, 2.45) is 4.99 Å². The lowest BCUT2D eigenvalue weighted by molar-refractivity contribution is -0.115. The van der Waals surface area contributed by atoms with E-state index in [1.54, 1.807) is 0 Å². The Hall–Kier alpha value is -2.73. The van der Waals surface area contributed by atoms with E-state index in [1.807, 2.05) is 37.3 Å². The van der Waals surface area contributed by atoms with Crippen molar-refractivity contribution in [3.05, 3.63) is 58.0 Å². The number of hydrogen-bond donors (Lipinski definition) is 1. The minimum atomic E-state index is -0.107. The number of fused-ring (bicyclic) bond motifs is 1. The highest BCUT2D eigenvalue weighted by atomic mass is 32.2. The van der Waals surface area contributed by atoms with Gasteiger partial charge in [0.25, 0.3) is 5.91 Å². The smallest absolute Gasteiger partial charge is 0.264 e. The normalized spacial score (nSPS) is 21.8. The van der Waals surface area contributed by atoms with Crippen molar-refractivity contribution in [3.8, 4) is 5.75 Å². The molecule has 5 nitrogen and oxygen atoms in total. The minimum absolute atomic E-state index is 0.107. The quantitative estimate of drug-likeness (QED) is 0.482. The van der Waals surface area contributed by atoms with Crippen LogP contribution in [0, 0.1) is 6.92 Å². The van der Waals surface area contributed by atoms with Gasteiger partial charge in [-0.05, 0) is 125 Å². The van der Waals surface area contributed by atoms with Crippen LogP contribution < -0.4 is 15.0 Å². The Kier molecular flexibility index (Phi) is 6.81. The second-order valence-corrected chi connectivity index (χ2v) is 11.1. The number of anilines is 1. The Labute approximate surface area is 207 Å². The molecule has 2 aromatic rings. The average Bonchev–Trinajstić information content (AvgIpc) is 3.08. The number of carbonyl (C=O) groups excluding carboxylic acids is 1. The van der Waals surface area contributed by atoms with E-state index in [0.29, 0.717) is 28.6 Å². The molecule has 1 N–H and O–H groups in total. The third-order valence-electron chi connectivity index (χ3n) is 6.50. The highest BCUT2D eigenvalue weighted by Crippen LogP contribution is 2.45. The predicted molar refractivity (Wildman–Crippen MR) is 144 cm³/mol. The van der Waals surface area contributed by atoms with Crippen molar-refractivity contribution in [3.63, 3.8) is 0 Å². The monoisotopic (exact) mass is 477 g/mol. The molecule has 180 valence electrons. The summed E-state index contributed by atoms with van der Waals surface area (Å²) in [6, 6.07) is 12.6. The van der Waals surface area contributed by atoms with Gasteiger partial charge in [0.2, 0.25) is 0 Å². The number of nitrogens with one attached hydrogen (secondary N) is 1. The van der Waals surface area contributed by atoms with Gasteiger partial charge in [0.15, 0.2) is 5.17 Å². The van der Waals surface area contributed by atoms with Gasteiger partial charge in [0, 0.05) is 17.3 Å². The molecular weight excluding hydrogens is 442 g/mol. The Balaban J connectivity index is 1.62. The summed E-state index contributed by atoms with van der Waals surface area (Å²) < 4.78 is 5.48. The second-order valence-electron chi connectivity index (χ2n) is 10.1. The van der Waals surface area contributed by atoms with E-state index in [2.05, 4.69) is 68.9 Å². The first-order valence-corrected chi connectivity index (χ1v) is 12.9. The summed E-state index contributed by atoms with van der Waals surface area (Å²) in [4.78, 5) is 20.5. The molecule has 0 saturated carbocycles. The van der Waals surface area contributed by atoms with E-state index in [9.17, 15) is 4.79 Å². The van der Waals surface area contributed by atoms with Crippen molar-refractivity contribution >= 4 is 40.3 Å². The van der Waals surface area contributed by atoms with Gasteiger partial charge in [-0.15, -0.1) is 0 Å². The maximum absolute atomic E-state index is 12.7. The molecule has 2 aliphatic heterocycles. The van der Waals surface area contributed by atoms with Crippen LogP contribution in [0.3, 0.4) is 0 Å². The maximum atomic E-state index is 12.7. The summed E-state index contributed by atoms with van der Waals surface area (Å²) >= 11 is 1.38. The SMILES string of the molecule is CCOc1ccc(N=C2NC(=O)/C(=C/c3cc4c(cc3C)N(C(C)C)C(C)(C)CC4C)S2)cc1. The number of aliphatic imine (C=N–C) groups is 1. The van der Waals surface area contributed by atoms with Crippen molar-refractivity contribution in [1.29, 1.82) is 0 Å². The van der Waals surface area contributed by atoms with Crippen molar-refractivity contribution in [1.82, 2.24) is 5.32 Å². The molecule has 1 saturated heterocycles. The first-order valence-electron chi connectivity index (χ1n) is 12.1. The lowest BCUT2D eigenvalue weighted by Crippen LogP contribution is -2.51. The number of aryl methyl sites for hydroxylation is 1. The number of amides is 1. The Morgan fingerprint density at radius 3 is 2.62 bits per heavy atom. The Morgan fingerprint density at radius 2 is 1.97 bits per heavy atom. The van der Waals surface area contributed by atoms with Crippen LogP contribution in [0.2, 0.25) is 0 Å². The van der Waals surface area contributed by atoms with Crippen LogP contribution in [-0.4, -0.2) is 29.3 Å². The van der Waals surface area contributed by atoms with E-state index in [0.717, 1.165) is 23.4 Å². The summed E-state index contributed by atoms with van der Waals surface area (Å²) in [6.45, 7) is 16.2. The number of thioether (sulfide) groups is 1. The number of ether oxygens (including phenoxy) is 1. The van der Waals surface area contributed by atoms with Crippen molar-refractivity contribution < 1.29 is 9.53 Å². The van der Waals surface area contributed by atoms with Crippen LogP contribution in [0.1, 0.15) is 70.6 Å². The Morgan fingerprint density at radius 1 is 1.26 bits per heavy atom. The maximum Gasteiger partial charge on any atom is 0.264 e. The molecule has 2 aliphatic rings. The van der Waals surface area contributed by atoms with E-state index in [1.165, 1.54) is 28.6 Å². The standard InChI is InChI=1S/C28H35N3O2S/c1-8-33-22-11-9-21(10-12-22)29-27-30-26(32)25(34-27)15-20-14-23-19(5)16-28(6,7)31(17(2)3)24(23)13-18(20)4/h9-15,17,19H,8,16H2,1-7H3,(H,29,30,32)/b25-15-. The predicted octanol–water partition coefficient (Wildman–Crippen LogP) is 6.79. The third-order valence-corrected chi connectivity index (χ3v) is 7.41. The zero-order chi connectivity index (χ0) is 24.6. The van der Waals surface area contributed by atoms with Gasteiger partial charge in [-0.1, -0.05) is 6.92 Å². The first kappa shape index (κ1) is 24.4. The van der Waals surface area contributed by atoms with Crippen LogP contribution in [0.5, 0.6) is 5.75 Å². The lowest BCUT2D eigenvalue weighted by atomic mass is 9.78. The molecule has 1 unspecified atom stereocenters. The molecule has 0 bridgehead atoms. The Bertz CT molecular complexity index is 1150. The fraction of sp³-hybridized carbons (Fsp3) is 0.429. The summed E-state index contributed by atoms with van der Waals surface area (Å²) in [5.74, 6) is 1.16. The van der Waals surface area contributed by atoms with E-state index >= 15 is 0 Å². The van der Waals surface area contributed by atoms with E-state index < -0.39 is 0 Å². The highest BCUT2D eigenvalue weighted by Gasteiger charge is 2.38. The number of amidine groups is 1. The van der Waals surface area contributed by atoms with Crippen LogP contribution in [0.15, 0.2) is 46.3 Å². The van der Waals surface area contributed by atoms with Gasteiger partial charge in [-0.2, -0.15) is 0 Å². The molecule has 0 radical (unpaired) electrons. The van der Waals surface area contributed by atoms with Gasteiger partial charge >= 0.3 is 0 Å². The van der Waals surface area contributed by atoms with Crippen LogP contribution >= 0.6 is 11.8 Å². The zero-order valence-corrected chi connectivity index (χ0v) is 22.0. The van der Waals surface area contributed by atoms with Gasteiger partial charge in [-0.3, -0.25) is 4.79 Å². The second kappa shape index (κ2) is 9.49. The molecule has 1 atom stereocenters. The van der Waals surface area contributed by atoms with Gasteiger partial charge in [-0.25, -0.2) is 4.99 Å². The fourth-order valence-electron chi connectivity index (χ4n) is 5.27. The van der Waals surface area contributed by atoms with E-state index in [-0.39, 0.29) is 11.4 Å². The van der Waals surface area contributed by atoms with Gasteiger partial charge in [0.1, 0.15) is 5.75 Å². The molecule has 1 amide bonds. The fourth-order valence-corrected chi connectivity index (χ4v) is 6.10. The lowest BCUT2D eigenvalue weighted by Gasteiger charge is -2.50. The van der Waals surface area contributed by atoms with Crippen LogP contribution in [0.25, 0.3) is 6.08 Å². The van der Waals surface area contributed by atoms with Crippen molar-refractivity contribution in [2.45, 2.75) is 72.4 Å². The summed E-state index contributed by atoms with van der Waals surface area (Å²) in [7, 11) is 0. The number of benzene rings is 2. The molecule has 0 aromatic heterocycles. The highest BCUT2D eigenvalue weighted by molar-refractivity contribution is 8.18. The largest absolute Gasteiger partial charge is 0.494 e. The molecule has 4 rings (SSSR count).